The molecule has 0 bridgehead atoms. The molecule has 0 aliphatic carbocycles. The Labute approximate surface area is 128 Å². The van der Waals surface area contributed by atoms with Crippen molar-refractivity contribution in [3.8, 4) is 0 Å². The second-order valence-electron chi connectivity index (χ2n) is 6.05. The summed E-state index contributed by atoms with van der Waals surface area (Å²) in [5, 5.41) is 20.7. The van der Waals surface area contributed by atoms with E-state index in [4.69, 9.17) is 9.84 Å². The zero-order valence-corrected chi connectivity index (χ0v) is 13.0. The molecule has 1 aliphatic heterocycles. The Morgan fingerprint density at radius 3 is 2.36 bits per heavy atom. The smallest absolute Gasteiger partial charge is 0.407 e. The molecule has 1 unspecified atom stereocenters. The Balaban J connectivity index is 2.46. The van der Waals surface area contributed by atoms with Crippen molar-refractivity contribution in [2.75, 3.05) is 32.7 Å². The lowest BCUT2D eigenvalue weighted by molar-refractivity contribution is -0.145. The number of nitrogens with zero attached hydrogens (tertiary/aromatic N) is 2. The van der Waals surface area contributed by atoms with Gasteiger partial charge in [-0.15, -0.1) is 0 Å². The summed E-state index contributed by atoms with van der Waals surface area (Å²) in [7, 11) is 0. The van der Waals surface area contributed by atoms with E-state index in [2.05, 4.69) is 5.32 Å². The van der Waals surface area contributed by atoms with Crippen LogP contribution >= 0.6 is 0 Å². The monoisotopic (exact) mass is 317 g/mol. The van der Waals surface area contributed by atoms with Crippen molar-refractivity contribution in [3.05, 3.63) is 0 Å². The summed E-state index contributed by atoms with van der Waals surface area (Å²) in [4.78, 5) is 36.4. The largest absolute Gasteiger partial charge is 0.480 e. The molecule has 0 aromatic rings. The standard InChI is InChI=1S/C13H23N3O6/c1-13(2,3)22-11(19)14-4-5-15-6-7-16(12(20)21)8-9(15)10(17)18/h9H,4-8H2,1-3H3,(H,14,19)(H,17,18)(H,20,21). The van der Waals surface area contributed by atoms with Gasteiger partial charge in [0.25, 0.3) is 0 Å². The van der Waals surface area contributed by atoms with Crippen molar-refractivity contribution in [2.24, 2.45) is 0 Å². The van der Waals surface area contributed by atoms with Crippen LogP contribution in [0.5, 0.6) is 0 Å². The molecule has 1 aliphatic rings. The molecule has 22 heavy (non-hydrogen) atoms. The van der Waals surface area contributed by atoms with Crippen LogP contribution < -0.4 is 5.32 Å². The van der Waals surface area contributed by atoms with Gasteiger partial charge in [-0.3, -0.25) is 9.69 Å². The predicted octanol–water partition coefficient (Wildman–Crippen LogP) is 0.260. The molecule has 9 nitrogen and oxygen atoms in total. The molecule has 1 rings (SSSR count). The predicted molar refractivity (Wildman–Crippen MR) is 76.8 cm³/mol. The zero-order valence-electron chi connectivity index (χ0n) is 13.0. The summed E-state index contributed by atoms with van der Waals surface area (Å²) in [6.07, 6.45) is -1.69. The molecule has 3 N–H and O–H groups in total. The van der Waals surface area contributed by atoms with Crippen molar-refractivity contribution in [1.29, 1.82) is 0 Å². The van der Waals surface area contributed by atoms with Gasteiger partial charge in [0.2, 0.25) is 0 Å². The molecule has 0 spiro atoms. The summed E-state index contributed by atoms with van der Waals surface area (Å²) in [5.74, 6) is -1.08. The van der Waals surface area contributed by atoms with E-state index < -0.39 is 29.8 Å². The Hall–Kier alpha value is -2.03. The summed E-state index contributed by atoms with van der Waals surface area (Å²) in [6.45, 7) is 6.24. The fourth-order valence-electron chi connectivity index (χ4n) is 2.11. The van der Waals surface area contributed by atoms with E-state index in [9.17, 15) is 19.5 Å². The number of hydrogen-bond acceptors (Lipinski definition) is 5. The van der Waals surface area contributed by atoms with Crippen LogP contribution in [-0.4, -0.2) is 82.5 Å². The molecule has 1 heterocycles. The van der Waals surface area contributed by atoms with E-state index in [1.165, 1.54) is 0 Å². The van der Waals surface area contributed by atoms with Gasteiger partial charge in [0.15, 0.2) is 0 Å². The lowest BCUT2D eigenvalue weighted by Crippen LogP contribution is -2.58. The minimum absolute atomic E-state index is 0.0862. The minimum atomic E-state index is -1.13. The number of rotatable bonds is 4. The maximum Gasteiger partial charge on any atom is 0.407 e. The molecule has 1 atom stereocenters. The van der Waals surface area contributed by atoms with Gasteiger partial charge < -0.3 is 25.2 Å². The van der Waals surface area contributed by atoms with Crippen molar-refractivity contribution in [1.82, 2.24) is 15.1 Å². The maximum atomic E-state index is 11.5. The molecule has 2 amide bonds. The first kappa shape index (κ1) is 18.0. The van der Waals surface area contributed by atoms with E-state index in [1.807, 2.05) is 0 Å². The number of piperazine rings is 1. The molecule has 1 fully saturated rings. The quantitative estimate of drug-likeness (QED) is 0.680. The molecule has 0 saturated carbocycles. The van der Waals surface area contributed by atoms with E-state index in [0.717, 1.165) is 4.90 Å². The summed E-state index contributed by atoms with van der Waals surface area (Å²) >= 11 is 0. The van der Waals surface area contributed by atoms with Crippen LogP contribution in [0.25, 0.3) is 0 Å². The lowest BCUT2D eigenvalue weighted by Gasteiger charge is -2.38. The number of ether oxygens (including phenoxy) is 1. The van der Waals surface area contributed by atoms with E-state index >= 15 is 0 Å². The Morgan fingerprint density at radius 2 is 1.86 bits per heavy atom. The van der Waals surface area contributed by atoms with E-state index in [-0.39, 0.29) is 19.6 Å². The lowest BCUT2D eigenvalue weighted by atomic mass is 10.1. The van der Waals surface area contributed by atoms with E-state index in [1.54, 1.807) is 25.7 Å². The Kier molecular flexibility index (Phi) is 5.98. The van der Waals surface area contributed by atoms with Crippen molar-refractivity contribution >= 4 is 18.2 Å². The molecule has 0 radical (unpaired) electrons. The summed E-state index contributed by atoms with van der Waals surface area (Å²) in [6, 6.07) is -0.912. The van der Waals surface area contributed by atoms with Crippen LogP contribution in [0, 0.1) is 0 Å². The highest BCUT2D eigenvalue weighted by Gasteiger charge is 2.33. The maximum absolute atomic E-state index is 11.5. The fourth-order valence-corrected chi connectivity index (χ4v) is 2.11. The van der Waals surface area contributed by atoms with Gasteiger partial charge in [-0.25, -0.2) is 9.59 Å². The normalized spacial score (nSPS) is 19.6. The Bertz CT molecular complexity index is 434. The molecule has 9 heteroatoms. The first-order valence-electron chi connectivity index (χ1n) is 7.02. The zero-order chi connectivity index (χ0) is 16.9. The van der Waals surface area contributed by atoms with Crippen LogP contribution in [0.3, 0.4) is 0 Å². The Morgan fingerprint density at radius 1 is 1.23 bits per heavy atom. The first-order valence-corrected chi connectivity index (χ1v) is 7.02. The first-order chi connectivity index (χ1) is 10.1. The fraction of sp³-hybridized carbons (Fsp3) is 0.769. The number of carboxylic acid groups (broad SMARTS) is 2. The highest BCUT2D eigenvalue weighted by molar-refractivity contribution is 5.75. The number of nitrogens with one attached hydrogen (secondary N) is 1. The molecular weight excluding hydrogens is 294 g/mol. The van der Waals surface area contributed by atoms with Gasteiger partial charge in [0.1, 0.15) is 11.6 Å². The topological polar surface area (TPSA) is 119 Å². The highest BCUT2D eigenvalue weighted by atomic mass is 16.6. The van der Waals surface area contributed by atoms with Crippen LogP contribution in [-0.2, 0) is 9.53 Å². The second kappa shape index (κ2) is 7.30. The van der Waals surface area contributed by atoms with Crippen LogP contribution in [0.15, 0.2) is 0 Å². The SMILES string of the molecule is CC(C)(C)OC(=O)NCCN1CCN(C(=O)O)CC1C(=O)O. The third kappa shape index (κ3) is 5.76. The van der Waals surface area contributed by atoms with Gasteiger partial charge in [-0.05, 0) is 20.8 Å². The van der Waals surface area contributed by atoms with Crippen LogP contribution in [0.2, 0.25) is 0 Å². The van der Waals surface area contributed by atoms with Crippen LogP contribution in [0.4, 0.5) is 9.59 Å². The molecule has 1 saturated heterocycles. The number of alkyl carbamates (subject to hydrolysis) is 1. The van der Waals surface area contributed by atoms with Gasteiger partial charge in [-0.1, -0.05) is 0 Å². The van der Waals surface area contributed by atoms with Gasteiger partial charge in [-0.2, -0.15) is 0 Å². The van der Waals surface area contributed by atoms with Gasteiger partial charge >= 0.3 is 18.2 Å². The number of carbonyl (C=O) groups is 3. The third-order valence-electron chi connectivity index (χ3n) is 3.11. The van der Waals surface area contributed by atoms with E-state index in [0.29, 0.717) is 13.1 Å². The van der Waals surface area contributed by atoms with Crippen molar-refractivity contribution in [2.45, 2.75) is 32.4 Å². The highest BCUT2D eigenvalue weighted by Crippen LogP contribution is 2.10. The molecule has 126 valence electrons. The second-order valence-corrected chi connectivity index (χ2v) is 6.05. The third-order valence-corrected chi connectivity index (χ3v) is 3.11. The van der Waals surface area contributed by atoms with Gasteiger partial charge in [0.05, 0.1) is 6.54 Å². The average molecular weight is 317 g/mol. The number of carboxylic acids is 1. The van der Waals surface area contributed by atoms with Gasteiger partial charge in [0, 0.05) is 26.2 Å². The molecule has 0 aromatic carbocycles. The molecular formula is C13H23N3O6. The minimum Gasteiger partial charge on any atom is -0.480 e. The number of aliphatic carboxylic acids is 1. The van der Waals surface area contributed by atoms with Crippen molar-refractivity contribution < 1.29 is 29.3 Å². The summed E-state index contributed by atoms with van der Waals surface area (Å²) < 4.78 is 5.08. The van der Waals surface area contributed by atoms with Crippen molar-refractivity contribution in [3.63, 3.8) is 0 Å². The summed E-state index contributed by atoms with van der Waals surface area (Å²) in [5.41, 5.74) is -0.596. The molecule has 0 aromatic heterocycles. The number of carbonyl (C=O) groups excluding carboxylic acids is 1. The number of hydrogen-bond donors (Lipinski definition) is 3. The van der Waals surface area contributed by atoms with Crippen LogP contribution in [0.1, 0.15) is 20.8 Å². The average Bonchev–Trinajstić information content (AvgIpc) is 2.36. The number of amides is 2.